The third-order valence-electron chi connectivity index (χ3n) is 4.21. The van der Waals surface area contributed by atoms with Crippen molar-refractivity contribution in [2.24, 2.45) is 0 Å². The van der Waals surface area contributed by atoms with Crippen molar-refractivity contribution >= 4 is 45.3 Å². The molecule has 2 heterocycles. The molecule has 0 saturated carbocycles. The molecule has 0 fully saturated rings. The van der Waals surface area contributed by atoms with Gasteiger partial charge in [-0.1, -0.05) is 30.4 Å². The minimum atomic E-state index is -4.46. The zero-order valence-corrected chi connectivity index (χ0v) is 17.2. The Morgan fingerprint density at radius 2 is 1.34 bits per heavy atom. The van der Waals surface area contributed by atoms with Crippen LogP contribution in [0.4, 0.5) is 23.0 Å². The lowest BCUT2D eigenvalue weighted by Gasteiger charge is -2.09. The first-order valence-electron chi connectivity index (χ1n) is 9.20. The predicted molar refractivity (Wildman–Crippen MR) is 118 cm³/mol. The molecule has 3 N–H and O–H groups in total. The summed E-state index contributed by atoms with van der Waals surface area (Å²) < 4.78 is 33.5. The summed E-state index contributed by atoms with van der Waals surface area (Å²) in [4.78, 5) is -0.240. The van der Waals surface area contributed by atoms with E-state index in [1.165, 1.54) is 18.5 Å². The molecule has 0 spiro atoms. The van der Waals surface area contributed by atoms with Crippen LogP contribution in [-0.2, 0) is 10.1 Å². The van der Waals surface area contributed by atoms with Gasteiger partial charge in [0.1, 0.15) is 4.90 Å². The van der Waals surface area contributed by atoms with Crippen LogP contribution in [0.2, 0.25) is 0 Å². The summed E-state index contributed by atoms with van der Waals surface area (Å²) in [5.74, 6) is 0.948. The topological polar surface area (TPSA) is 156 Å². The molecule has 0 aliphatic rings. The van der Waals surface area contributed by atoms with E-state index in [-0.39, 0.29) is 4.90 Å². The van der Waals surface area contributed by atoms with Gasteiger partial charge in [0.2, 0.25) is 0 Å². The molecule has 0 saturated heterocycles. The van der Waals surface area contributed by atoms with E-state index in [9.17, 15) is 13.0 Å². The lowest BCUT2D eigenvalue weighted by molar-refractivity contribution is 0.483. The van der Waals surface area contributed by atoms with Gasteiger partial charge in [0.15, 0.2) is 11.6 Å². The molecular weight excluding hydrogens is 432 g/mol. The summed E-state index contributed by atoms with van der Waals surface area (Å²) in [6, 6.07) is 15.2. The Bertz CT molecular complexity index is 1330. The van der Waals surface area contributed by atoms with Crippen LogP contribution in [0.25, 0.3) is 12.2 Å². The standard InChI is InChI=1S/C20H16N8O3S/c29-32(30,31)18-13-17(24-20-10-12-22-28-26-20)8-5-15(18)4-1-14-2-6-16(7-3-14)23-19-9-11-21-27-25-19/h1-13H,(H,21,23,25)(H,22,24,26)(H,29,30,31). The number of hydrogen-bond acceptors (Lipinski definition) is 10. The van der Waals surface area contributed by atoms with Crippen molar-refractivity contribution in [3.63, 3.8) is 0 Å². The largest absolute Gasteiger partial charge is 0.339 e. The van der Waals surface area contributed by atoms with E-state index in [1.807, 2.05) is 24.3 Å². The third-order valence-corrected chi connectivity index (χ3v) is 5.12. The molecule has 32 heavy (non-hydrogen) atoms. The molecule has 0 radical (unpaired) electrons. The van der Waals surface area contributed by atoms with Crippen LogP contribution in [0.5, 0.6) is 0 Å². The quantitative estimate of drug-likeness (QED) is 0.282. The van der Waals surface area contributed by atoms with Crippen molar-refractivity contribution in [3.05, 3.63) is 78.1 Å². The van der Waals surface area contributed by atoms with Crippen LogP contribution in [0.1, 0.15) is 11.1 Å². The average molecular weight is 448 g/mol. The van der Waals surface area contributed by atoms with E-state index in [2.05, 4.69) is 41.5 Å². The van der Waals surface area contributed by atoms with Crippen LogP contribution < -0.4 is 10.6 Å². The molecule has 160 valence electrons. The highest BCUT2D eigenvalue weighted by atomic mass is 32.2. The van der Waals surface area contributed by atoms with E-state index in [0.29, 0.717) is 22.9 Å². The normalized spacial score (nSPS) is 11.4. The SMILES string of the molecule is O=S(=O)(O)c1cc(Nc2ccnnn2)ccc1C=Cc1ccc(Nc2ccnnn2)cc1. The summed E-state index contributed by atoms with van der Waals surface area (Å²) in [7, 11) is -4.46. The molecule has 0 bridgehead atoms. The summed E-state index contributed by atoms with van der Waals surface area (Å²) in [6.07, 6.45) is 6.32. The van der Waals surface area contributed by atoms with Crippen LogP contribution in [0.3, 0.4) is 0 Å². The highest BCUT2D eigenvalue weighted by Gasteiger charge is 2.15. The summed E-state index contributed by atoms with van der Waals surface area (Å²) >= 11 is 0. The first-order valence-corrected chi connectivity index (χ1v) is 10.6. The molecule has 4 aromatic rings. The molecule has 12 heteroatoms. The van der Waals surface area contributed by atoms with Crippen molar-refractivity contribution in [3.8, 4) is 0 Å². The van der Waals surface area contributed by atoms with E-state index in [1.54, 1.807) is 36.4 Å². The number of anilines is 4. The molecule has 0 amide bonds. The van der Waals surface area contributed by atoms with Gasteiger partial charge in [0.05, 0.1) is 12.4 Å². The fraction of sp³-hybridized carbons (Fsp3) is 0. The number of hydrogen-bond donors (Lipinski definition) is 3. The van der Waals surface area contributed by atoms with Crippen LogP contribution in [-0.4, -0.2) is 43.8 Å². The maximum Gasteiger partial charge on any atom is 0.295 e. The van der Waals surface area contributed by atoms with Gasteiger partial charge in [-0.05, 0) is 45.8 Å². The second-order valence-corrected chi connectivity index (χ2v) is 7.83. The lowest BCUT2D eigenvalue weighted by atomic mass is 10.1. The monoisotopic (exact) mass is 448 g/mol. The maximum atomic E-state index is 11.9. The number of benzene rings is 2. The van der Waals surface area contributed by atoms with Crippen molar-refractivity contribution in [1.29, 1.82) is 0 Å². The predicted octanol–water partition coefficient (Wildman–Crippen LogP) is 2.96. The van der Waals surface area contributed by atoms with Gasteiger partial charge in [0, 0.05) is 23.5 Å². The highest BCUT2D eigenvalue weighted by Crippen LogP contribution is 2.25. The smallest absolute Gasteiger partial charge is 0.295 e. The Morgan fingerprint density at radius 1 is 0.750 bits per heavy atom. The van der Waals surface area contributed by atoms with Gasteiger partial charge < -0.3 is 10.6 Å². The van der Waals surface area contributed by atoms with Crippen molar-refractivity contribution in [2.45, 2.75) is 4.90 Å². The van der Waals surface area contributed by atoms with Gasteiger partial charge in [-0.25, -0.2) is 0 Å². The summed E-state index contributed by atoms with van der Waals surface area (Å²) in [5, 5.41) is 27.9. The molecule has 0 unspecified atom stereocenters. The Kier molecular flexibility index (Phi) is 6.05. The van der Waals surface area contributed by atoms with Crippen LogP contribution in [0.15, 0.2) is 71.9 Å². The Balaban J connectivity index is 1.53. The molecule has 0 atom stereocenters. The highest BCUT2D eigenvalue weighted by molar-refractivity contribution is 7.86. The van der Waals surface area contributed by atoms with E-state index in [0.717, 1.165) is 11.3 Å². The molecule has 2 aromatic carbocycles. The molecule has 11 nitrogen and oxygen atoms in total. The van der Waals surface area contributed by atoms with E-state index in [4.69, 9.17) is 0 Å². The molecule has 2 aromatic heterocycles. The minimum absolute atomic E-state index is 0.240. The van der Waals surface area contributed by atoms with Gasteiger partial charge in [-0.2, -0.15) is 8.42 Å². The molecule has 4 rings (SSSR count). The van der Waals surface area contributed by atoms with Crippen LogP contribution in [0, 0.1) is 0 Å². The second kappa shape index (κ2) is 9.24. The summed E-state index contributed by atoms with van der Waals surface area (Å²) in [5.41, 5.74) is 2.38. The molecule has 0 aliphatic carbocycles. The Morgan fingerprint density at radius 3 is 1.91 bits per heavy atom. The fourth-order valence-corrected chi connectivity index (χ4v) is 3.46. The zero-order valence-electron chi connectivity index (χ0n) is 16.4. The molecular formula is C20H16N8O3S. The van der Waals surface area contributed by atoms with Crippen molar-refractivity contribution in [1.82, 2.24) is 30.8 Å². The van der Waals surface area contributed by atoms with Crippen molar-refractivity contribution in [2.75, 3.05) is 10.6 Å². The zero-order chi connectivity index (χ0) is 22.4. The lowest BCUT2D eigenvalue weighted by Crippen LogP contribution is -2.03. The Hall–Kier alpha value is -4.29. The average Bonchev–Trinajstić information content (AvgIpc) is 2.80. The number of rotatable bonds is 7. The van der Waals surface area contributed by atoms with Gasteiger partial charge in [0.25, 0.3) is 10.1 Å². The first kappa shape index (κ1) is 21.0. The summed E-state index contributed by atoms with van der Waals surface area (Å²) in [6.45, 7) is 0. The minimum Gasteiger partial charge on any atom is -0.339 e. The number of nitrogens with zero attached hydrogens (tertiary/aromatic N) is 6. The Labute approximate surface area is 183 Å². The first-order chi connectivity index (χ1) is 15.5. The van der Waals surface area contributed by atoms with Gasteiger partial charge in [-0.15, -0.1) is 20.4 Å². The van der Waals surface area contributed by atoms with E-state index >= 15 is 0 Å². The number of aromatic nitrogens is 6. The van der Waals surface area contributed by atoms with Gasteiger partial charge in [-0.3, -0.25) is 4.55 Å². The van der Waals surface area contributed by atoms with Gasteiger partial charge >= 0.3 is 0 Å². The van der Waals surface area contributed by atoms with Crippen molar-refractivity contribution < 1.29 is 13.0 Å². The molecule has 0 aliphatic heterocycles. The van der Waals surface area contributed by atoms with E-state index < -0.39 is 10.1 Å². The third kappa shape index (κ3) is 5.44. The number of nitrogens with one attached hydrogen (secondary N) is 2. The fourth-order valence-electron chi connectivity index (χ4n) is 2.75. The second-order valence-electron chi connectivity index (χ2n) is 6.44. The van der Waals surface area contributed by atoms with Crippen LogP contribution >= 0.6 is 0 Å². The maximum absolute atomic E-state index is 11.9.